The van der Waals surface area contributed by atoms with Gasteiger partial charge in [0.25, 0.3) is 0 Å². The highest BCUT2D eigenvalue weighted by Gasteiger charge is 2.24. The summed E-state index contributed by atoms with van der Waals surface area (Å²) in [5, 5.41) is 8.57. The second-order valence-corrected chi connectivity index (χ2v) is 14.7. The number of aromatic nitrogens is 3. The van der Waals surface area contributed by atoms with E-state index in [0.717, 1.165) is 88.4 Å². The van der Waals surface area contributed by atoms with E-state index < -0.39 is 0 Å². The molecule has 12 rings (SSSR count). The molecule has 0 fully saturated rings. The van der Waals surface area contributed by atoms with Gasteiger partial charge in [0.2, 0.25) is 0 Å². The number of benzene rings is 9. The number of nitrogens with zero attached hydrogens (tertiary/aromatic N) is 4. The number of fused-ring (bicyclic) bond motifs is 9. The van der Waals surface area contributed by atoms with Gasteiger partial charge in [-0.05, 0) is 58.6 Å². The molecule has 12 aromatic rings. The molecule has 0 spiro atoms. The third-order valence-corrected chi connectivity index (χ3v) is 11.3. The van der Waals surface area contributed by atoms with Crippen molar-refractivity contribution in [2.24, 2.45) is 0 Å². The summed E-state index contributed by atoms with van der Waals surface area (Å²) in [4.78, 5) is 18.2. The van der Waals surface area contributed by atoms with Gasteiger partial charge >= 0.3 is 0 Å². The molecule has 9 aromatic carbocycles. The normalized spacial score (nSPS) is 11.7. The molecule has 0 saturated heterocycles. The number of hydrogen-bond donors (Lipinski definition) is 0. The van der Waals surface area contributed by atoms with E-state index in [9.17, 15) is 0 Å². The second kappa shape index (κ2) is 13.3. The van der Waals surface area contributed by atoms with Crippen LogP contribution in [0.2, 0.25) is 0 Å². The van der Waals surface area contributed by atoms with Crippen LogP contribution in [0.5, 0.6) is 0 Å². The van der Waals surface area contributed by atoms with Gasteiger partial charge < -0.3 is 13.7 Å². The summed E-state index contributed by atoms with van der Waals surface area (Å²) in [5.74, 6) is 1.66. The molecule has 6 heteroatoms. The average Bonchev–Trinajstić information content (AvgIpc) is 3.88. The smallest absolute Gasteiger partial charge is 0.164 e. The molecule has 0 atom stereocenters. The van der Waals surface area contributed by atoms with E-state index >= 15 is 0 Å². The van der Waals surface area contributed by atoms with E-state index in [-0.39, 0.29) is 0 Å². The van der Waals surface area contributed by atoms with Crippen LogP contribution in [0.1, 0.15) is 0 Å². The molecule has 0 aliphatic rings. The molecule has 0 amide bonds. The first kappa shape index (κ1) is 33.1. The number of hydrogen-bond acceptors (Lipinski definition) is 6. The second-order valence-electron chi connectivity index (χ2n) is 14.7. The lowest BCUT2D eigenvalue weighted by molar-refractivity contribution is 0.668. The van der Waals surface area contributed by atoms with E-state index in [1.165, 1.54) is 10.8 Å². The number of rotatable bonds is 6. The summed E-state index contributed by atoms with van der Waals surface area (Å²) in [6.45, 7) is 0. The van der Waals surface area contributed by atoms with Gasteiger partial charge in [-0.25, -0.2) is 15.0 Å². The lowest BCUT2D eigenvalue weighted by Gasteiger charge is -2.28. The largest absolute Gasteiger partial charge is 0.456 e. The van der Waals surface area contributed by atoms with E-state index in [4.69, 9.17) is 23.8 Å². The molecule has 3 heterocycles. The summed E-state index contributed by atoms with van der Waals surface area (Å²) < 4.78 is 13.1. The quantitative estimate of drug-likeness (QED) is 0.157. The zero-order chi connectivity index (χ0) is 38.9. The SMILES string of the molecule is c1ccc(-c2nc(-c3cccc4oc5ccccc5c34)nc(-c3cc(N(c4ccccc4)c4cc5ccccc5c5ccccc45)cc4oc5ccccc5c34)n2)cc1. The monoisotopic (exact) mass is 756 g/mol. The minimum absolute atomic E-state index is 0.536. The van der Waals surface area contributed by atoms with Crippen LogP contribution in [0.15, 0.2) is 203 Å². The van der Waals surface area contributed by atoms with Crippen molar-refractivity contribution < 1.29 is 8.83 Å². The van der Waals surface area contributed by atoms with E-state index in [1.54, 1.807) is 0 Å². The Kier molecular flexibility index (Phi) is 7.43. The van der Waals surface area contributed by atoms with Crippen LogP contribution in [-0.4, -0.2) is 15.0 Å². The molecule has 0 radical (unpaired) electrons. The fraction of sp³-hybridized carbons (Fsp3) is 0. The first-order valence-electron chi connectivity index (χ1n) is 19.7. The van der Waals surface area contributed by atoms with Crippen LogP contribution in [0, 0.1) is 0 Å². The van der Waals surface area contributed by atoms with E-state index in [2.05, 4.69) is 120 Å². The summed E-state index contributed by atoms with van der Waals surface area (Å²) in [6, 6.07) is 66.8. The summed E-state index contributed by atoms with van der Waals surface area (Å²) in [6.07, 6.45) is 0. The molecular weight excluding hydrogens is 725 g/mol. The van der Waals surface area contributed by atoms with Gasteiger partial charge in [0, 0.05) is 55.4 Å². The molecule has 0 unspecified atom stereocenters. The van der Waals surface area contributed by atoms with Crippen molar-refractivity contribution in [2.75, 3.05) is 4.90 Å². The number of anilines is 3. The fourth-order valence-electron chi connectivity index (χ4n) is 8.66. The lowest BCUT2D eigenvalue weighted by atomic mass is 9.98. The molecule has 0 saturated carbocycles. The van der Waals surface area contributed by atoms with Crippen molar-refractivity contribution in [2.45, 2.75) is 0 Å². The van der Waals surface area contributed by atoms with Gasteiger partial charge in [0.05, 0.1) is 11.4 Å². The molecule has 276 valence electrons. The third-order valence-electron chi connectivity index (χ3n) is 11.3. The maximum Gasteiger partial charge on any atom is 0.164 e. The Hall–Kier alpha value is -8.09. The van der Waals surface area contributed by atoms with Gasteiger partial charge in [-0.15, -0.1) is 0 Å². The lowest BCUT2D eigenvalue weighted by Crippen LogP contribution is -2.11. The van der Waals surface area contributed by atoms with Gasteiger partial charge in [-0.2, -0.15) is 0 Å². The molecule has 59 heavy (non-hydrogen) atoms. The van der Waals surface area contributed by atoms with Gasteiger partial charge in [-0.3, -0.25) is 0 Å². The molecule has 0 bridgehead atoms. The van der Waals surface area contributed by atoms with Gasteiger partial charge in [-0.1, -0.05) is 146 Å². The van der Waals surface area contributed by atoms with Crippen molar-refractivity contribution in [3.05, 3.63) is 194 Å². The minimum Gasteiger partial charge on any atom is -0.456 e. The van der Waals surface area contributed by atoms with E-state index in [1.807, 2.05) is 78.9 Å². The highest BCUT2D eigenvalue weighted by molar-refractivity contribution is 6.17. The van der Waals surface area contributed by atoms with Crippen LogP contribution < -0.4 is 4.90 Å². The molecule has 0 N–H and O–H groups in total. The zero-order valence-corrected chi connectivity index (χ0v) is 31.6. The zero-order valence-electron chi connectivity index (χ0n) is 31.6. The number of furan rings is 2. The Balaban J connectivity index is 1.18. The predicted octanol–water partition coefficient (Wildman–Crippen LogP) is 14.4. The van der Waals surface area contributed by atoms with E-state index in [0.29, 0.717) is 17.5 Å². The van der Waals surface area contributed by atoms with Crippen LogP contribution >= 0.6 is 0 Å². The first-order chi connectivity index (χ1) is 29.2. The van der Waals surface area contributed by atoms with Crippen molar-refractivity contribution in [3.8, 4) is 34.2 Å². The van der Waals surface area contributed by atoms with Crippen LogP contribution in [0.3, 0.4) is 0 Å². The summed E-state index contributed by atoms with van der Waals surface area (Å²) >= 11 is 0. The van der Waals surface area contributed by atoms with Crippen molar-refractivity contribution in [1.82, 2.24) is 15.0 Å². The van der Waals surface area contributed by atoms with Crippen LogP contribution in [-0.2, 0) is 0 Å². The Morgan fingerprint density at radius 1 is 0.339 bits per heavy atom. The molecule has 0 aliphatic heterocycles. The molecular formula is C53H32N4O2. The Labute approximate surface area is 338 Å². The first-order valence-corrected chi connectivity index (χ1v) is 19.7. The van der Waals surface area contributed by atoms with Crippen LogP contribution in [0.25, 0.3) is 99.6 Å². The van der Waals surface area contributed by atoms with Gasteiger partial charge in [0.15, 0.2) is 17.5 Å². The fourth-order valence-corrected chi connectivity index (χ4v) is 8.66. The van der Waals surface area contributed by atoms with Gasteiger partial charge in [0.1, 0.15) is 22.3 Å². The summed E-state index contributed by atoms with van der Waals surface area (Å²) in [7, 11) is 0. The maximum absolute atomic E-state index is 6.75. The topological polar surface area (TPSA) is 68.2 Å². The van der Waals surface area contributed by atoms with Crippen LogP contribution in [0.4, 0.5) is 17.1 Å². The Morgan fingerprint density at radius 2 is 0.881 bits per heavy atom. The van der Waals surface area contributed by atoms with Crippen molar-refractivity contribution in [3.63, 3.8) is 0 Å². The van der Waals surface area contributed by atoms with Crippen molar-refractivity contribution in [1.29, 1.82) is 0 Å². The number of para-hydroxylation sites is 3. The highest BCUT2D eigenvalue weighted by atomic mass is 16.3. The minimum atomic E-state index is 0.536. The Bertz CT molecular complexity index is 3570. The predicted molar refractivity (Wildman–Crippen MR) is 240 cm³/mol. The molecule has 6 nitrogen and oxygen atoms in total. The maximum atomic E-state index is 6.75. The standard InChI is InChI=1S/C53H32N4O2/c1-3-16-33(17-4-1)51-54-52(42-26-15-29-47-49(42)40-24-11-13-27-45(40)58-47)56-53(55-51)43-31-36(32-48-50(43)41-25-12-14-28-46(41)59-48)57(35-19-5-2-6-20-35)44-30-34-18-7-8-21-37(34)38-22-9-10-23-39(38)44/h1-32H. The highest BCUT2D eigenvalue weighted by Crippen LogP contribution is 2.46. The summed E-state index contributed by atoms with van der Waals surface area (Å²) in [5.41, 5.74) is 8.66. The third kappa shape index (κ3) is 5.38. The van der Waals surface area contributed by atoms with Crippen molar-refractivity contribution >= 4 is 82.5 Å². The average molecular weight is 757 g/mol. The molecule has 3 aromatic heterocycles. The Morgan fingerprint density at radius 3 is 1.63 bits per heavy atom. The molecule has 0 aliphatic carbocycles.